The number of carbonyl (C=O) groups is 1. The van der Waals surface area contributed by atoms with Crippen molar-refractivity contribution in [2.75, 3.05) is 14.2 Å². The van der Waals surface area contributed by atoms with Crippen molar-refractivity contribution in [2.45, 2.75) is 25.2 Å². The van der Waals surface area contributed by atoms with Gasteiger partial charge in [-0.2, -0.15) is 5.26 Å². The first-order chi connectivity index (χ1) is 11.6. The summed E-state index contributed by atoms with van der Waals surface area (Å²) in [5.41, 5.74) is 2.99. The van der Waals surface area contributed by atoms with Gasteiger partial charge in [-0.25, -0.2) is 0 Å². The maximum absolute atomic E-state index is 12.6. The molecule has 5 nitrogen and oxygen atoms in total. The number of hydrogen-bond acceptors (Lipinski definition) is 5. The molecular weight excluding hydrogens is 304 g/mol. The Morgan fingerprint density at radius 2 is 2.08 bits per heavy atom. The summed E-state index contributed by atoms with van der Waals surface area (Å²) < 4.78 is 10.8. The predicted molar refractivity (Wildman–Crippen MR) is 89.5 cm³/mol. The van der Waals surface area contributed by atoms with Gasteiger partial charge in [0.05, 0.1) is 26.2 Å². The van der Waals surface area contributed by atoms with Gasteiger partial charge in [0.15, 0.2) is 5.78 Å². The molecule has 0 bridgehead atoms. The molecule has 1 aromatic carbocycles. The van der Waals surface area contributed by atoms with Crippen LogP contribution in [0.1, 0.15) is 30.7 Å². The number of allylic oxidation sites excluding steroid dienone is 3. The third kappa shape index (κ3) is 2.54. The lowest BCUT2D eigenvalue weighted by molar-refractivity contribution is -0.116. The quantitative estimate of drug-likeness (QED) is 0.925. The van der Waals surface area contributed by atoms with Gasteiger partial charge in [-0.15, -0.1) is 0 Å². The molecule has 1 aliphatic carbocycles. The van der Waals surface area contributed by atoms with Crippen molar-refractivity contribution in [3.8, 4) is 17.6 Å². The summed E-state index contributed by atoms with van der Waals surface area (Å²) in [5, 5.41) is 12.9. The van der Waals surface area contributed by atoms with Crippen molar-refractivity contribution in [3.63, 3.8) is 0 Å². The van der Waals surface area contributed by atoms with Gasteiger partial charge >= 0.3 is 0 Å². The van der Waals surface area contributed by atoms with Crippen LogP contribution in [0.4, 0.5) is 0 Å². The molecule has 0 spiro atoms. The van der Waals surface area contributed by atoms with Crippen molar-refractivity contribution < 1.29 is 14.3 Å². The van der Waals surface area contributed by atoms with Crippen LogP contribution in [0.2, 0.25) is 0 Å². The SMILES string of the molecule is C=C1NC2=C(C(=O)CCC2)C(c2cc(OC)ccc2OC)C1C#N. The number of ether oxygens (including phenoxy) is 2. The zero-order valence-electron chi connectivity index (χ0n) is 13.9. The summed E-state index contributed by atoms with van der Waals surface area (Å²) in [7, 11) is 3.17. The van der Waals surface area contributed by atoms with Gasteiger partial charge in [-0.05, 0) is 31.0 Å². The highest BCUT2D eigenvalue weighted by Gasteiger charge is 2.41. The molecule has 0 fully saturated rings. The number of benzene rings is 1. The topological polar surface area (TPSA) is 71.3 Å². The van der Waals surface area contributed by atoms with E-state index >= 15 is 0 Å². The van der Waals surface area contributed by atoms with Gasteiger partial charge in [0.1, 0.15) is 11.5 Å². The van der Waals surface area contributed by atoms with Crippen LogP contribution in [0.3, 0.4) is 0 Å². The number of Topliss-reactive ketones (excluding diaryl/α,β-unsaturated/α-hetero) is 1. The first-order valence-corrected chi connectivity index (χ1v) is 7.94. The van der Waals surface area contributed by atoms with Gasteiger partial charge < -0.3 is 14.8 Å². The Hall–Kier alpha value is -2.74. The molecule has 0 aromatic heterocycles. The third-order valence-corrected chi connectivity index (χ3v) is 4.70. The van der Waals surface area contributed by atoms with E-state index in [1.54, 1.807) is 26.4 Å². The second-order valence-corrected chi connectivity index (χ2v) is 6.01. The highest BCUT2D eigenvalue weighted by atomic mass is 16.5. The number of nitrogens with one attached hydrogen (secondary N) is 1. The molecule has 2 unspecified atom stereocenters. The van der Waals surface area contributed by atoms with E-state index in [0.717, 1.165) is 24.1 Å². The van der Waals surface area contributed by atoms with Crippen molar-refractivity contribution in [1.82, 2.24) is 5.32 Å². The molecule has 1 N–H and O–H groups in total. The highest BCUT2D eigenvalue weighted by molar-refractivity contribution is 5.99. The van der Waals surface area contributed by atoms with Crippen LogP contribution in [0.15, 0.2) is 41.7 Å². The van der Waals surface area contributed by atoms with Gasteiger partial charge in [0.2, 0.25) is 0 Å². The first kappa shape index (κ1) is 16.1. The molecule has 0 saturated carbocycles. The molecule has 3 rings (SSSR count). The largest absolute Gasteiger partial charge is 0.497 e. The standard InChI is InChI=1S/C19H20N2O3/c1-11-14(10-20)18(19-15(21-11)5-4-6-16(19)22)13-9-12(23-2)7-8-17(13)24-3/h7-9,14,18,21H,1,4-6H2,2-3H3. The Balaban J connectivity index is 2.23. The smallest absolute Gasteiger partial charge is 0.161 e. The monoisotopic (exact) mass is 324 g/mol. The van der Waals surface area contributed by atoms with E-state index in [1.807, 2.05) is 6.07 Å². The second kappa shape index (κ2) is 6.40. The van der Waals surface area contributed by atoms with Crippen molar-refractivity contribution in [1.29, 1.82) is 5.26 Å². The number of ketones is 1. The molecule has 2 atom stereocenters. The molecule has 2 aliphatic rings. The fraction of sp³-hybridized carbons (Fsp3) is 0.368. The van der Waals surface area contributed by atoms with Crippen molar-refractivity contribution >= 4 is 5.78 Å². The summed E-state index contributed by atoms with van der Waals surface area (Å²) in [5.74, 6) is 0.466. The highest BCUT2D eigenvalue weighted by Crippen LogP contribution is 2.46. The lowest BCUT2D eigenvalue weighted by Crippen LogP contribution is -2.36. The third-order valence-electron chi connectivity index (χ3n) is 4.70. The Morgan fingerprint density at radius 3 is 2.75 bits per heavy atom. The molecular formula is C19H20N2O3. The van der Waals surface area contributed by atoms with E-state index in [0.29, 0.717) is 29.2 Å². The van der Waals surface area contributed by atoms with E-state index in [9.17, 15) is 10.1 Å². The molecule has 1 heterocycles. The van der Waals surface area contributed by atoms with E-state index < -0.39 is 11.8 Å². The fourth-order valence-electron chi connectivity index (χ4n) is 3.56. The number of methoxy groups -OCH3 is 2. The summed E-state index contributed by atoms with van der Waals surface area (Å²) in [6.07, 6.45) is 2.12. The van der Waals surface area contributed by atoms with E-state index in [-0.39, 0.29) is 5.78 Å². The number of hydrogen-bond donors (Lipinski definition) is 1. The summed E-state index contributed by atoms with van der Waals surface area (Å²) >= 11 is 0. The van der Waals surface area contributed by atoms with Crippen molar-refractivity contribution in [2.24, 2.45) is 5.92 Å². The second-order valence-electron chi connectivity index (χ2n) is 6.01. The fourth-order valence-corrected chi connectivity index (χ4v) is 3.56. The van der Waals surface area contributed by atoms with Crippen LogP contribution in [-0.4, -0.2) is 20.0 Å². The number of rotatable bonds is 3. The van der Waals surface area contributed by atoms with E-state index in [2.05, 4.69) is 18.0 Å². The number of nitriles is 1. The molecule has 24 heavy (non-hydrogen) atoms. The van der Waals surface area contributed by atoms with Crippen LogP contribution in [-0.2, 0) is 4.79 Å². The number of nitrogens with zero attached hydrogens (tertiary/aromatic N) is 1. The van der Waals surface area contributed by atoms with E-state index in [4.69, 9.17) is 9.47 Å². The van der Waals surface area contributed by atoms with Crippen LogP contribution in [0.25, 0.3) is 0 Å². The minimum Gasteiger partial charge on any atom is -0.497 e. The normalized spacial score (nSPS) is 23.2. The maximum atomic E-state index is 12.6. The molecule has 1 aliphatic heterocycles. The summed E-state index contributed by atoms with van der Waals surface area (Å²) in [6.45, 7) is 4.01. The Kier molecular flexibility index (Phi) is 4.30. The molecule has 1 aromatic rings. The van der Waals surface area contributed by atoms with Gasteiger partial charge in [-0.3, -0.25) is 4.79 Å². The molecule has 5 heteroatoms. The Bertz CT molecular complexity index is 773. The average molecular weight is 324 g/mol. The molecule has 0 radical (unpaired) electrons. The zero-order chi connectivity index (χ0) is 17.3. The maximum Gasteiger partial charge on any atom is 0.161 e. The predicted octanol–water partition coefficient (Wildman–Crippen LogP) is 3.05. The summed E-state index contributed by atoms with van der Waals surface area (Å²) in [6, 6.07) is 7.76. The van der Waals surface area contributed by atoms with Crippen LogP contribution in [0.5, 0.6) is 11.5 Å². The summed E-state index contributed by atoms with van der Waals surface area (Å²) in [4.78, 5) is 12.6. The lowest BCUT2D eigenvalue weighted by Gasteiger charge is -2.37. The molecule has 0 amide bonds. The minimum absolute atomic E-state index is 0.0892. The van der Waals surface area contributed by atoms with Crippen molar-refractivity contribution in [3.05, 3.63) is 47.3 Å². The van der Waals surface area contributed by atoms with Crippen LogP contribution < -0.4 is 14.8 Å². The van der Waals surface area contributed by atoms with Gasteiger partial charge in [-0.1, -0.05) is 6.58 Å². The molecule has 0 saturated heterocycles. The average Bonchev–Trinajstić information content (AvgIpc) is 2.60. The minimum atomic E-state index is -0.535. The van der Waals surface area contributed by atoms with Gasteiger partial charge in [0.25, 0.3) is 0 Å². The van der Waals surface area contributed by atoms with Crippen LogP contribution >= 0.6 is 0 Å². The van der Waals surface area contributed by atoms with Crippen LogP contribution in [0, 0.1) is 17.2 Å². The Labute approximate surface area is 141 Å². The number of carbonyl (C=O) groups excluding carboxylic acids is 1. The first-order valence-electron chi connectivity index (χ1n) is 7.94. The molecule has 124 valence electrons. The van der Waals surface area contributed by atoms with E-state index in [1.165, 1.54) is 0 Å². The van der Waals surface area contributed by atoms with Gasteiger partial charge in [0, 0.05) is 34.9 Å². The Morgan fingerprint density at radius 1 is 1.29 bits per heavy atom. The zero-order valence-corrected chi connectivity index (χ0v) is 13.9. The lowest BCUT2D eigenvalue weighted by atomic mass is 9.72.